The van der Waals surface area contributed by atoms with Gasteiger partial charge in [-0.05, 0) is 45.4 Å². The summed E-state index contributed by atoms with van der Waals surface area (Å²) in [6, 6.07) is 1.77. The molecule has 0 aromatic carbocycles. The number of ether oxygens (including phenoxy) is 1. The van der Waals surface area contributed by atoms with Crippen LogP contribution in [0.2, 0.25) is 0 Å². The number of hydrogen-bond acceptors (Lipinski definition) is 4. The zero-order valence-corrected chi connectivity index (χ0v) is 11.6. The Hall–Kier alpha value is -1.62. The summed E-state index contributed by atoms with van der Waals surface area (Å²) >= 11 is 0. The van der Waals surface area contributed by atoms with E-state index in [0.29, 0.717) is 5.56 Å². The zero-order chi connectivity index (χ0) is 14.0. The number of aromatic nitrogens is 1. The summed E-state index contributed by atoms with van der Waals surface area (Å²) in [4.78, 5) is 17.8. The highest BCUT2D eigenvalue weighted by atomic mass is 16.5. The van der Waals surface area contributed by atoms with E-state index in [-0.39, 0.29) is 17.5 Å². The maximum absolute atomic E-state index is 11.3. The monoisotopic (exact) mass is 264 g/mol. The lowest BCUT2D eigenvalue weighted by Crippen LogP contribution is -2.36. The maximum atomic E-state index is 11.3. The summed E-state index contributed by atoms with van der Waals surface area (Å²) in [5.74, 6) is -0.715. The summed E-state index contributed by atoms with van der Waals surface area (Å²) in [6.07, 6.45) is 1.87. The average molecular weight is 264 g/mol. The van der Waals surface area contributed by atoms with Gasteiger partial charge in [0.05, 0.1) is 0 Å². The van der Waals surface area contributed by atoms with Crippen LogP contribution in [0, 0.1) is 13.8 Å². The Morgan fingerprint density at radius 2 is 2.05 bits per heavy atom. The number of aromatic carboxylic acids is 1. The van der Waals surface area contributed by atoms with E-state index in [0.717, 1.165) is 31.6 Å². The molecule has 0 radical (unpaired) electrons. The fourth-order valence-corrected chi connectivity index (χ4v) is 2.41. The fourth-order valence-electron chi connectivity index (χ4n) is 2.41. The molecule has 1 fully saturated rings. The number of hydrogen-bond donors (Lipinski definition) is 1. The Labute approximate surface area is 113 Å². The number of aryl methyl sites for hydroxylation is 2. The van der Waals surface area contributed by atoms with Gasteiger partial charge in [-0.15, -0.1) is 0 Å². The Kier molecular flexibility index (Phi) is 4.04. The van der Waals surface area contributed by atoms with Gasteiger partial charge in [0.2, 0.25) is 5.88 Å². The van der Waals surface area contributed by atoms with Gasteiger partial charge in [-0.25, -0.2) is 9.78 Å². The normalized spacial score (nSPS) is 17.4. The number of carboxylic acid groups (broad SMARTS) is 1. The third-order valence-corrected chi connectivity index (χ3v) is 3.47. The van der Waals surface area contributed by atoms with Gasteiger partial charge in [-0.3, -0.25) is 0 Å². The predicted octanol–water partition coefficient (Wildman–Crippen LogP) is 1.87. The van der Waals surface area contributed by atoms with E-state index < -0.39 is 5.97 Å². The molecule has 104 valence electrons. The van der Waals surface area contributed by atoms with Gasteiger partial charge in [0.1, 0.15) is 11.7 Å². The van der Waals surface area contributed by atoms with Crippen LogP contribution in [-0.2, 0) is 0 Å². The van der Waals surface area contributed by atoms with Gasteiger partial charge >= 0.3 is 5.97 Å². The van der Waals surface area contributed by atoms with Gasteiger partial charge < -0.3 is 14.7 Å². The maximum Gasteiger partial charge on any atom is 0.341 e. The zero-order valence-electron chi connectivity index (χ0n) is 11.6. The lowest BCUT2D eigenvalue weighted by atomic mass is 10.1. The first-order chi connectivity index (χ1) is 8.97. The van der Waals surface area contributed by atoms with Crippen LogP contribution >= 0.6 is 0 Å². The molecule has 2 heterocycles. The van der Waals surface area contributed by atoms with Crippen molar-refractivity contribution in [1.29, 1.82) is 0 Å². The molecule has 19 heavy (non-hydrogen) atoms. The lowest BCUT2D eigenvalue weighted by Gasteiger charge is -2.29. The molecule has 0 unspecified atom stereocenters. The Balaban J connectivity index is 2.21. The van der Waals surface area contributed by atoms with Crippen LogP contribution in [0.3, 0.4) is 0 Å². The quantitative estimate of drug-likeness (QED) is 0.903. The lowest BCUT2D eigenvalue weighted by molar-refractivity contribution is 0.0676. The van der Waals surface area contributed by atoms with Gasteiger partial charge in [0.15, 0.2) is 0 Å². The Bertz CT molecular complexity index is 480. The van der Waals surface area contributed by atoms with E-state index in [1.807, 2.05) is 6.92 Å². The number of pyridine rings is 1. The molecule has 0 amide bonds. The smallest absolute Gasteiger partial charge is 0.341 e. The highest BCUT2D eigenvalue weighted by Gasteiger charge is 2.23. The van der Waals surface area contributed by atoms with Crippen LogP contribution < -0.4 is 4.74 Å². The molecular formula is C14H20N2O3. The van der Waals surface area contributed by atoms with Crippen molar-refractivity contribution in [2.45, 2.75) is 32.8 Å². The highest BCUT2D eigenvalue weighted by molar-refractivity contribution is 5.91. The predicted molar refractivity (Wildman–Crippen MR) is 71.8 cm³/mol. The van der Waals surface area contributed by atoms with Crippen LogP contribution in [0.25, 0.3) is 0 Å². The van der Waals surface area contributed by atoms with Crippen LogP contribution in [0.5, 0.6) is 5.88 Å². The second kappa shape index (κ2) is 5.57. The standard InChI is InChI=1S/C14H20N2O3/c1-9-8-10(2)15-13(12(9)14(17)18)19-11-4-6-16(3)7-5-11/h8,11H,4-7H2,1-3H3,(H,17,18). The van der Waals surface area contributed by atoms with Crippen LogP contribution in [-0.4, -0.2) is 47.2 Å². The first-order valence-corrected chi connectivity index (χ1v) is 6.54. The number of nitrogens with zero attached hydrogens (tertiary/aromatic N) is 2. The molecular weight excluding hydrogens is 244 g/mol. The number of carboxylic acids is 1. The van der Waals surface area contributed by atoms with Crippen LogP contribution in [0.1, 0.15) is 34.5 Å². The molecule has 0 bridgehead atoms. The molecule has 0 aliphatic carbocycles. The van der Waals surface area contributed by atoms with Crippen molar-refractivity contribution in [3.8, 4) is 5.88 Å². The molecule has 1 aromatic heterocycles. The van der Waals surface area contributed by atoms with Gasteiger partial charge in [-0.1, -0.05) is 0 Å². The van der Waals surface area contributed by atoms with Crippen LogP contribution in [0.4, 0.5) is 0 Å². The molecule has 0 saturated carbocycles. The minimum absolute atomic E-state index is 0.0583. The van der Waals surface area contributed by atoms with Crippen LogP contribution in [0.15, 0.2) is 6.07 Å². The van der Waals surface area contributed by atoms with Gasteiger partial charge in [0, 0.05) is 18.8 Å². The van der Waals surface area contributed by atoms with Crippen molar-refractivity contribution in [3.63, 3.8) is 0 Å². The minimum Gasteiger partial charge on any atom is -0.477 e. The number of piperidine rings is 1. The molecule has 1 aromatic rings. The molecule has 5 heteroatoms. The highest BCUT2D eigenvalue weighted by Crippen LogP contribution is 2.24. The van der Waals surface area contributed by atoms with Crippen molar-refractivity contribution >= 4 is 5.97 Å². The molecule has 0 atom stereocenters. The van der Waals surface area contributed by atoms with Crippen molar-refractivity contribution in [2.75, 3.05) is 20.1 Å². The third-order valence-electron chi connectivity index (χ3n) is 3.47. The minimum atomic E-state index is -0.979. The van der Waals surface area contributed by atoms with Gasteiger partial charge in [0.25, 0.3) is 0 Å². The van der Waals surface area contributed by atoms with Crippen molar-refractivity contribution < 1.29 is 14.6 Å². The average Bonchev–Trinajstić information content (AvgIpc) is 2.30. The summed E-state index contributed by atoms with van der Waals surface area (Å²) in [7, 11) is 2.08. The van der Waals surface area contributed by atoms with E-state index in [2.05, 4.69) is 16.9 Å². The summed E-state index contributed by atoms with van der Waals surface area (Å²) in [5.41, 5.74) is 1.66. The first-order valence-electron chi connectivity index (χ1n) is 6.54. The fraction of sp³-hybridized carbons (Fsp3) is 0.571. The molecule has 1 N–H and O–H groups in total. The topological polar surface area (TPSA) is 62.7 Å². The molecule has 5 nitrogen and oxygen atoms in total. The Morgan fingerprint density at radius 1 is 1.42 bits per heavy atom. The molecule has 2 rings (SSSR count). The van der Waals surface area contributed by atoms with Crippen molar-refractivity contribution in [1.82, 2.24) is 9.88 Å². The second-order valence-electron chi connectivity index (χ2n) is 5.19. The molecule has 1 aliphatic rings. The van der Waals surface area contributed by atoms with Crippen molar-refractivity contribution in [2.24, 2.45) is 0 Å². The molecule has 1 saturated heterocycles. The second-order valence-corrected chi connectivity index (χ2v) is 5.19. The summed E-state index contributed by atoms with van der Waals surface area (Å²) in [5, 5.41) is 9.28. The SMILES string of the molecule is Cc1cc(C)c(C(=O)O)c(OC2CCN(C)CC2)n1. The number of carbonyl (C=O) groups is 1. The molecule has 0 spiro atoms. The summed E-state index contributed by atoms with van der Waals surface area (Å²) in [6.45, 7) is 5.56. The Morgan fingerprint density at radius 3 is 2.63 bits per heavy atom. The first kappa shape index (κ1) is 13.8. The third kappa shape index (κ3) is 3.23. The number of likely N-dealkylation sites (tertiary alicyclic amines) is 1. The van der Waals surface area contributed by atoms with E-state index in [4.69, 9.17) is 4.74 Å². The summed E-state index contributed by atoms with van der Waals surface area (Å²) < 4.78 is 5.84. The van der Waals surface area contributed by atoms with E-state index in [9.17, 15) is 9.90 Å². The van der Waals surface area contributed by atoms with E-state index in [1.165, 1.54) is 0 Å². The molecule has 1 aliphatic heterocycles. The van der Waals surface area contributed by atoms with Gasteiger partial charge in [-0.2, -0.15) is 0 Å². The van der Waals surface area contributed by atoms with Crippen molar-refractivity contribution in [3.05, 3.63) is 22.9 Å². The number of rotatable bonds is 3. The van der Waals surface area contributed by atoms with E-state index >= 15 is 0 Å². The van der Waals surface area contributed by atoms with E-state index in [1.54, 1.807) is 13.0 Å². The largest absolute Gasteiger partial charge is 0.477 e.